The summed E-state index contributed by atoms with van der Waals surface area (Å²) in [5, 5.41) is 0. The molecule has 2 aliphatic rings. The zero-order valence-electron chi connectivity index (χ0n) is 12.5. The Morgan fingerprint density at radius 2 is 1.90 bits per heavy atom. The molecule has 1 saturated heterocycles. The Labute approximate surface area is 145 Å². The number of carbonyl (C=O) groups excluding carboxylic acids is 1. The summed E-state index contributed by atoms with van der Waals surface area (Å²) in [6, 6.07) is 0. The number of halogens is 2. The third-order valence-corrected chi connectivity index (χ3v) is 8.88. The molecule has 0 spiro atoms. The molecule has 20 heavy (non-hydrogen) atoms. The Balaban J connectivity index is 1.83. The molecule has 0 aromatic heterocycles. The van der Waals surface area contributed by atoms with Crippen LogP contribution in [0.5, 0.6) is 0 Å². The SMILES string of the molecule is CC1(C)CCCC(C)(C)C1OCOC(=O)C(I)C1N[I-]1. The van der Waals surface area contributed by atoms with Gasteiger partial charge in [0.15, 0.2) is 0 Å². The number of ether oxygens (including phenoxy) is 2. The van der Waals surface area contributed by atoms with E-state index in [0.717, 1.165) is 0 Å². The number of esters is 1. The van der Waals surface area contributed by atoms with E-state index < -0.39 is 0 Å². The topological polar surface area (TPSA) is 57.5 Å². The third-order valence-electron chi connectivity index (χ3n) is 4.21. The van der Waals surface area contributed by atoms with E-state index in [4.69, 9.17) is 9.47 Å². The number of carbonyl (C=O) groups is 1. The molecule has 6 heteroatoms. The average molecular weight is 508 g/mol. The van der Waals surface area contributed by atoms with Crippen LogP contribution < -0.4 is 25.0 Å². The van der Waals surface area contributed by atoms with Gasteiger partial charge in [-0.05, 0) is 0 Å². The predicted molar refractivity (Wildman–Crippen MR) is 82.0 cm³/mol. The maximum absolute atomic E-state index is 11.9. The molecular formula is C14H24I2NO3-. The van der Waals surface area contributed by atoms with Crippen molar-refractivity contribution in [3.8, 4) is 0 Å². The second kappa shape index (κ2) is 6.54. The number of hydrogen-bond acceptors (Lipinski definition) is 4. The van der Waals surface area contributed by atoms with Crippen LogP contribution in [-0.4, -0.2) is 26.8 Å². The number of nitrogens with one attached hydrogen (secondary N) is 1. The summed E-state index contributed by atoms with van der Waals surface area (Å²) >= 11 is 2.20. The van der Waals surface area contributed by atoms with Crippen LogP contribution in [0.4, 0.5) is 0 Å². The number of alkyl halides is 2. The van der Waals surface area contributed by atoms with Gasteiger partial charge in [0.2, 0.25) is 0 Å². The maximum atomic E-state index is 11.9. The fraction of sp³-hybridized carbons (Fsp3) is 0.929. The molecule has 2 rings (SSSR count). The van der Waals surface area contributed by atoms with Crippen molar-refractivity contribution >= 4 is 28.6 Å². The van der Waals surface area contributed by atoms with Gasteiger partial charge in [0.05, 0.1) is 0 Å². The molecular weight excluding hydrogens is 484 g/mol. The van der Waals surface area contributed by atoms with Crippen LogP contribution in [0.2, 0.25) is 0 Å². The van der Waals surface area contributed by atoms with Crippen LogP contribution in [0.3, 0.4) is 0 Å². The van der Waals surface area contributed by atoms with Crippen molar-refractivity contribution in [2.24, 2.45) is 10.8 Å². The van der Waals surface area contributed by atoms with E-state index in [0.29, 0.717) is 4.05 Å². The molecule has 118 valence electrons. The van der Waals surface area contributed by atoms with E-state index in [2.05, 4.69) is 53.8 Å². The minimum absolute atomic E-state index is 0.0409. The van der Waals surface area contributed by atoms with E-state index in [1.165, 1.54) is 19.3 Å². The first-order valence-electron chi connectivity index (χ1n) is 7.04. The van der Waals surface area contributed by atoms with E-state index in [-0.39, 0.29) is 55.1 Å². The van der Waals surface area contributed by atoms with Crippen LogP contribution in [0.25, 0.3) is 0 Å². The van der Waals surface area contributed by atoms with Crippen molar-refractivity contribution in [1.29, 1.82) is 0 Å². The van der Waals surface area contributed by atoms with Gasteiger partial charge in [-0.15, -0.1) is 0 Å². The Kier molecular flexibility index (Phi) is 5.62. The van der Waals surface area contributed by atoms with Crippen molar-refractivity contribution in [3.05, 3.63) is 0 Å². The van der Waals surface area contributed by atoms with Crippen molar-refractivity contribution < 1.29 is 35.7 Å². The summed E-state index contributed by atoms with van der Waals surface area (Å²) in [5.74, 6) is -0.147. The van der Waals surface area contributed by atoms with E-state index in [9.17, 15) is 4.79 Å². The van der Waals surface area contributed by atoms with Gasteiger partial charge in [0, 0.05) is 0 Å². The zero-order valence-corrected chi connectivity index (χ0v) is 16.9. The second-order valence-electron chi connectivity index (χ2n) is 6.98. The fourth-order valence-corrected chi connectivity index (χ4v) is 6.41. The summed E-state index contributed by atoms with van der Waals surface area (Å²) in [6.07, 6.45) is 3.71. The molecule has 0 amide bonds. The van der Waals surface area contributed by atoms with Gasteiger partial charge < -0.3 is 0 Å². The molecule has 2 atom stereocenters. The van der Waals surface area contributed by atoms with Gasteiger partial charge in [-0.3, -0.25) is 0 Å². The summed E-state index contributed by atoms with van der Waals surface area (Å²) < 4.78 is 14.9. The summed E-state index contributed by atoms with van der Waals surface area (Å²) in [4.78, 5) is 11.9. The minimum atomic E-state index is -0.147. The molecule has 0 aromatic rings. The first-order chi connectivity index (χ1) is 9.24. The van der Waals surface area contributed by atoms with Gasteiger partial charge in [-0.1, -0.05) is 0 Å². The fourth-order valence-electron chi connectivity index (χ4n) is 3.28. The van der Waals surface area contributed by atoms with Crippen LogP contribution in [0, 0.1) is 10.8 Å². The third kappa shape index (κ3) is 4.19. The Bertz CT molecular complexity index is 353. The molecule has 2 fully saturated rings. The van der Waals surface area contributed by atoms with Crippen LogP contribution in [0.15, 0.2) is 0 Å². The molecule has 1 aliphatic heterocycles. The zero-order chi connectivity index (χ0) is 15.0. The Hall–Kier alpha value is 0.850. The first kappa shape index (κ1) is 17.2. The van der Waals surface area contributed by atoms with E-state index in [1.807, 2.05) is 0 Å². The molecule has 1 heterocycles. The quantitative estimate of drug-likeness (QED) is 0.107. The number of rotatable bonds is 5. The van der Waals surface area contributed by atoms with Crippen LogP contribution >= 0.6 is 22.6 Å². The monoisotopic (exact) mass is 508 g/mol. The van der Waals surface area contributed by atoms with Crippen molar-refractivity contribution in [3.63, 3.8) is 0 Å². The van der Waals surface area contributed by atoms with Gasteiger partial charge in [-0.2, -0.15) is 0 Å². The molecule has 1 aliphatic carbocycles. The van der Waals surface area contributed by atoms with Crippen molar-refractivity contribution in [2.45, 2.75) is 61.0 Å². The normalized spacial score (nSPS) is 30.1. The van der Waals surface area contributed by atoms with E-state index >= 15 is 0 Å². The summed E-state index contributed by atoms with van der Waals surface area (Å²) in [5.41, 5.74) is 0.281. The van der Waals surface area contributed by atoms with Crippen LogP contribution in [-0.2, 0) is 14.3 Å². The van der Waals surface area contributed by atoms with Crippen molar-refractivity contribution in [2.75, 3.05) is 6.79 Å². The van der Waals surface area contributed by atoms with Gasteiger partial charge in [0.1, 0.15) is 0 Å². The van der Waals surface area contributed by atoms with Crippen molar-refractivity contribution in [1.82, 2.24) is 3.53 Å². The summed E-state index contributed by atoms with van der Waals surface area (Å²) in [7, 11) is 0. The van der Waals surface area contributed by atoms with Gasteiger partial charge in [0.25, 0.3) is 0 Å². The molecule has 0 radical (unpaired) electrons. The Morgan fingerprint density at radius 3 is 2.40 bits per heavy atom. The van der Waals surface area contributed by atoms with Gasteiger partial charge in [-0.25, -0.2) is 0 Å². The Morgan fingerprint density at radius 1 is 1.35 bits per heavy atom. The molecule has 2 unspecified atom stereocenters. The molecule has 1 N–H and O–H groups in total. The second-order valence-corrected chi connectivity index (χ2v) is 10.9. The van der Waals surface area contributed by atoms with Crippen LogP contribution in [0.1, 0.15) is 47.0 Å². The number of hydrogen-bond donors (Lipinski definition) is 1. The molecule has 4 nitrogen and oxygen atoms in total. The van der Waals surface area contributed by atoms with E-state index in [1.54, 1.807) is 0 Å². The molecule has 0 aromatic carbocycles. The summed E-state index contributed by atoms with van der Waals surface area (Å²) in [6.45, 7) is 9.08. The first-order valence-corrected chi connectivity index (χ1v) is 10.6. The average Bonchev–Trinajstić information content (AvgIpc) is 3.14. The predicted octanol–water partition coefficient (Wildman–Crippen LogP) is -0.154. The molecule has 0 bridgehead atoms. The van der Waals surface area contributed by atoms with Gasteiger partial charge >= 0.3 is 146 Å². The standard InChI is InChI=1S/C14H24I2NO3/c1-13(2)6-5-7-14(3,4)12(13)20-8-19-11(18)9(15)10-16-17-10/h9-10,12,17H,5-8H2,1-4H3/q-1. The molecule has 1 saturated carbocycles.